The first kappa shape index (κ1) is 5.88. The Balaban J connectivity index is 2.86. The highest BCUT2D eigenvalue weighted by Crippen LogP contribution is 2.05. The molecule has 0 bridgehead atoms. The predicted octanol–water partition coefficient (Wildman–Crippen LogP) is 0.322. The van der Waals surface area contributed by atoms with Crippen molar-refractivity contribution in [1.82, 2.24) is 5.32 Å². The number of allylic oxidation sites excluding steroid dienone is 1. The van der Waals surface area contributed by atoms with Gasteiger partial charge < -0.3 is 11.1 Å². The Morgan fingerprint density at radius 2 is 2.44 bits per heavy atom. The van der Waals surface area contributed by atoms with E-state index >= 15 is 0 Å². The van der Waals surface area contributed by atoms with E-state index in [1.807, 2.05) is 6.92 Å². The molecule has 9 heavy (non-hydrogen) atoms. The van der Waals surface area contributed by atoms with E-state index in [2.05, 4.69) is 16.9 Å². The smallest absolute Gasteiger partial charge is 0.197 e. The van der Waals surface area contributed by atoms with Gasteiger partial charge in [-0.05, 0) is 12.5 Å². The minimum Gasteiger partial charge on any atom is -0.369 e. The lowest BCUT2D eigenvalue weighted by atomic mass is 10.2. The lowest BCUT2D eigenvalue weighted by Gasteiger charge is -2.11. The Hall–Kier alpha value is -1.25. The fourth-order valence-corrected chi connectivity index (χ4v) is 0.530. The number of hydrogen-bond acceptors (Lipinski definition) is 3. The van der Waals surface area contributed by atoms with E-state index in [1.54, 1.807) is 6.20 Å². The van der Waals surface area contributed by atoms with Gasteiger partial charge in [0.05, 0.1) is 0 Å². The molecule has 1 rings (SSSR count). The van der Waals surface area contributed by atoms with Crippen molar-refractivity contribution < 1.29 is 0 Å². The molecule has 1 aliphatic heterocycles. The van der Waals surface area contributed by atoms with Crippen molar-refractivity contribution in [3.05, 3.63) is 24.0 Å². The Labute approximate surface area is 54.0 Å². The Bertz CT molecular complexity index is 200. The first-order chi connectivity index (χ1) is 4.20. The van der Waals surface area contributed by atoms with Gasteiger partial charge in [-0.25, -0.2) is 4.99 Å². The van der Waals surface area contributed by atoms with Crippen molar-refractivity contribution in [2.75, 3.05) is 0 Å². The summed E-state index contributed by atoms with van der Waals surface area (Å²) in [5.41, 5.74) is 7.16. The maximum absolute atomic E-state index is 5.32. The van der Waals surface area contributed by atoms with Gasteiger partial charge in [-0.15, -0.1) is 0 Å². The molecule has 0 aromatic heterocycles. The highest BCUT2D eigenvalue weighted by molar-refractivity contribution is 5.82. The molecule has 0 spiro atoms. The summed E-state index contributed by atoms with van der Waals surface area (Å²) in [5.74, 6) is 0.408. The highest BCUT2D eigenvalue weighted by atomic mass is 15.1. The van der Waals surface area contributed by atoms with Crippen molar-refractivity contribution in [2.45, 2.75) is 6.92 Å². The number of nitrogens with zero attached hydrogens (tertiary/aromatic N) is 1. The second-order valence-electron chi connectivity index (χ2n) is 1.93. The van der Waals surface area contributed by atoms with Crippen molar-refractivity contribution in [1.29, 1.82) is 0 Å². The van der Waals surface area contributed by atoms with Crippen LogP contribution in [0.2, 0.25) is 0 Å². The van der Waals surface area contributed by atoms with E-state index in [4.69, 9.17) is 5.73 Å². The molecule has 0 fully saturated rings. The summed E-state index contributed by atoms with van der Waals surface area (Å²) in [6, 6.07) is 0. The molecule has 0 aliphatic carbocycles. The van der Waals surface area contributed by atoms with Crippen LogP contribution in [-0.2, 0) is 0 Å². The zero-order chi connectivity index (χ0) is 6.85. The van der Waals surface area contributed by atoms with Gasteiger partial charge in [0.25, 0.3) is 0 Å². The van der Waals surface area contributed by atoms with Gasteiger partial charge in [-0.3, -0.25) is 0 Å². The van der Waals surface area contributed by atoms with E-state index in [0.717, 1.165) is 11.3 Å². The highest BCUT2D eigenvalue weighted by Gasteiger charge is 2.01. The van der Waals surface area contributed by atoms with E-state index in [9.17, 15) is 0 Å². The minimum atomic E-state index is 0.408. The van der Waals surface area contributed by atoms with Crippen LogP contribution in [0, 0.1) is 0 Å². The van der Waals surface area contributed by atoms with Crippen LogP contribution in [0.3, 0.4) is 0 Å². The second kappa shape index (κ2) is 1.93. The molecule has 0 saturated heterocycles. The van der Waals surface area contributed by atoms with Crippen LogP contribution in [0.5, 0.6) is 0 Å². The molecule has 0 unspecified atom stereocenters. The first-order valence-electron chi connectivity index (χ1n) is 2.66. The van der Waals surface area contributed by atoms with Gasteiger partial charge in [0.2, 0.25) is 0 Å². The van der Waals surface area contributed by atoms with Crippen molar-refractivity contribution >= 4 is 5.96 Å². The number of rotatable bonds is 0. The standard InChI is InChI=1S/C6H9N3/c1-4-3-8-6(7)9-5(4)2/h3H,2H2,1H3,(H3,7,8,9). The third-order valence-corrected chi connectivity index (χ3v) is 1.15. The van der Waals surface area contributed by atoms with Crippen molar-refractivity contribution in [3.63, 3.8) is 0 Å². The fourth-order valence-electron chi connectivity index (χ4n) is 0.530. The average molecular weight is 123 g/mol. The minimum absolute atomic E-state index is 0.408. The lowest BCUT2D eigenvalue weighted by Crippen LogP contribution is -2.32. The number of nitrogens with one attached hydrogen (secondary N) is 1. The Morgan fingerprint density at radius 3 is 2.89 bits per heavy atom. The molecule has 3 nitrogen and oxygen atoms in total. The largest absolute Gasteiger partial charge is 0.369 e. The summed E-state index contributed by atoms with van der Waals surface area (Å²) in [5, 5.41) is 2.79. The van der Waals surface area contributed by atoms with Crippen molar-refractivity contribution in [2.24, 2.45) is 10.7 Å². The van der Waals surface area contributed by atoms with Gasteiger partial charge in [0.1, 0.15) is 0 Å². The van der Waals surface area contributed by atoms with Gasteiger partial charge >= 0.3 is 0 Å². The topological polar surface area (TPSA) is 50.4 Å². The average Bonchev–Trinajstić information content (AvgIpc) is 1.80. The molecule has 0 saturated carbocycles. The Morgan fingerprint density at radius 1 is 1.78 bits per heavy atom. The molecule has 1 heterocycles. The monoisotopic (exact) mass is 123 g/mol. The fraction of sp³-hybridized carbons (Fsp3) is 0.167. The third-order valence-electron chi connectivity index (χ3n) is 1.15. The molecule has 3 heteroatoms. The molecular formula is C6H9N3. The SMILES string of the molecule is C=C1NC(N)=NC=C1C. The van der Waals surface area contributed by atoms with Gasteiger partial charge in [-0.2, -0.15) is 0 Å². The summed E-state index contributed by atoms with van der Waals surface area (Å²) in [6.07, 6.45) is 1.69. The second-order valence-corrected chi connectivity index (χ2v) is 1.93. The van der Waals surface area contributed by atoms with Gasteiger partial charge in [0, 0.05) is 11.9 Å². The van der Waals surface area contributed by atoms with Crippen molar-refractivity contribution in [3.8, 4) is 0 Å². The quantitative estimate of drug-likeness (QED) is 0.487. The zero-order valence-electron chi connectivity index (χ0n) is 5.31. The predicted molar refractivity (Wildman–Crippen MR) is 37.7 cm³/mol. The van der Waals surface area contributed by atoms with Crippen LogP contribution in [-0.4, -0.2) is 5.96 Å². The van der Waals surface area contributed by atoms with E-state index in [0.29, 0.717) is 5.96 Å². The molecule has 0 radical (unpaired) electrons. The van der Waals surface area contributed by atoms with E-state index in [-0.39, 0.29) is 0 Å². The molecule has 0 aromatic rings. The van der Waals surface area contributed by atoms with Crippen LogP contribution in [0.25, 0.3) is 0 Å². The lowest BCUT2D eigenvalue weighted by molar-refractivity contribution is 1.06. The van der Waals surface area contributed by atoms with Crippen LogP contribution in [0.15, 0.2) is 29.0 Å². The maximum atomic E-state index is 5.32. The molecule has 1 aliphatic rings. The van der Waals surface area contributed by atoms with Gasteiger partial charge in [0.15, 0.2) is 5.96 Å². The number of aliphatic imine (C=N–C) groups is 1. The molecule has 0 aromatic carbocycles. The zero-order valence-corrected chi connectivity index (χ0v) is 5.31. The molecule has 0 atom stereocenters. The van der Waals surface area contributed by atoms with Crippen LogP contribution >= 0.6 is 0 Å². The first-order valence-corrected chi connectivity index (χ1v) is 2.66. The third kappa shape index (κ3) is 1.10. The summed E-state index contributed by atoms with van der Waals surface area (Å²) in [4.78, 5) is 3.82. The van der Waals surface area contributed by atoms with Crippen LogP contribution < -0.4 is 11.1 Å². The normalized spacial score (nSPS) is 18.1. The number of guanidine groups is 1. The molecule has 48 valence electrons. The van der Waals surface area contributed by atoms with Crippen LogP contribution in [0.4, 0.5) is 0 Å². The summed E-state index contributed by atoms with van der Waals surface area (Å²) < 4.78 is 0. The molecule has 0 amide bonds. The summed E-state index contributed by atoms with van der Waals surface area (Å²) >= 11 is 0. The van der Waals surface area contributed by atoms with Crippen LogP contribution in [0.1, 0.15) is 6.92 Å². The molecule has 3 N–H and O–H groups in total. The van der Waals surface area contributed by atoms with Gasteiger partial charge in [-0.1, -0.05) is 6.58 Å². The Kier molecular flexibility index (Phi) is 1.26. The summed E-state index contributed by atoms with van der Waals surface area (Å²) in [6.45, 7) is 5.63. The van der Waals surface area contributed by atoms with E-state index in [1.165, 1.54) is 0 Å². The number of hydrogen-bond donors (Lipinski definition) is 2. The summed E-state index contributed by atoms with van der Waals surface area (Å²) in [7, 11) is 0. The molecular weight excluding hydrogens is 114 g/mol. The van der Waals surface area contributed by atoms with E-state index < -0.39 is 0 Å². The number of nitrogens with two attached hydrogens (primary N) is 1. The maximum Gasteiger partial charge on any atom is 0.197 e.